The van der Waals surface area contributed by atoms with Crippen LogP contribution in [0.15, 0.2) is 65.7 Å². The molecule has 2 aromatic heterocycles. The molecule has 2 fully saturated rings. The molecule has 4 heterocycles. The monoisotopic (exact) mass is 562 g/mol. The van der Waals surface area contributed by atoms with Gasteiger partial charge in [-0.2, -0.15) is 4.98 Å². The number of carbonyl (C=O) groups excluding carboxylic acids is 1. The molecule has 0 unspecified atom stereocenters. The maximum absolute atomic E-state index is 13.2. The standard InChI is InChI=1S/C29H34N6O6/c36-27(37)24(31-29(39)41-20-21-6-2-1-3-7-21)19-35-18-23(22-9-16-40-17-10-22)26(32-28(35)38)34-14-12-33(13-15-34)25-8-4-5-11-30-25/h1-8,11,18,22,24H,9-10,12-17,19-20H2,(H,31,39)(H,36,37)/t24-/m0/s1. The smallest absolute Gasteiger partial charge is 0.408 e. The zero-order chi connectivity index (χ0) is 28.6. The van der Waals surface area contributed by atoms with E-state index in [4.69, 9.17) is 9.47 Å². The molecule has 0 bridgehead atoms. The number of amides is 1. The Hall–Kier alpha value is -4.45. The van der Waals surface area contributed by atoms with Gasteiger partial charge < -0.3 is 29.7 Å². The minimum absolute atomic E-state index is 0.00326. The van der Waals surface area contributed by atoms with Crippen LogP contribution in [0.3, 0.4) is 0 Å². The molecule has 5 rings (SSSR count). The van der Waals surface area contributed by atoms with Gasteiger partial charge in [-0.25, -0.2) is 19.4 Å². The fourth-order valence-electron chi connectivity index (χ4n) is 5.16. The van der Waals surface area contributed by atoms with E-state index in [1.165, 1.54) is 4.57 Å². The fourth-order valence-corrected chi connectivity index (χ4v) is 5.16. The van der Waals surface area contributed by atoms with Crippen molar-refractivity contribution in [1.82, 2.24) is 19.9 Å². The first kappa shape index (κ1) is 28.1. The van der Waals surface area contributed by atoms with E-state index in [0.717, 1.165) is 42.9 Å². The minimum atomic E-state index is -1.38. The molecule has 12 nitrogen and oxygen atoms in total. The normalized spacial score (nSPS) is 16.7. The quantitative estimate of drug-likeness (QED) is 0.399. The van der Waals surface area contributed by atoms with Gasteiger partial charge in [0.25, 0.3) is 0 Å². The number of carboxylic acids is 1. The number of rotatable bonds is 9. The molecule has 12 heteroatoms. The van der Waals surface area contributed by atoms with Gasteiger partial charge in [-0.15, -0.1) is 0 Å². The molecule has 2 aliphatic heterocycles. The summed E-state index contributed by atoms with van der Waals surface area (Å²) in [5, 5.41) is 12.2. The molecule has 2 saturated heterocycles. The highest BCUT2D eigenvalue weighted by Crippen LogP contribution is 2.33. The molecule has 1 amide bonds. The van der Waals surface area contributed by atoms with E-state index >= 15 is 0 Å². The number of aromatic nitrogens is 3. The molecule has 0 radical (unpaired) electrons. The summed E-state index contributed by atoms with van der Waals surface area (Å²) in [4.78, 5) is 50.8. The van der Waals surface area contributed by atoms with Crippen molar-refractivity contribution in [2.45, 2.75) is 38.0 Å². The largest absolute Gasteiger partial charge is 0.480 e. The van der Waals surface area contributed by atoms with E-state index in [9.17, 15) is 19.5 Å². The van der Waals surface area contributed by atoms with Gasteiger partial charge in [0, 0.05) is 57.3 Å². The van der Waals surface area contributed by atoms with Gasteiger partial charge in [0.05, 0.1) is 6.54 Å². The predicted octanol–water partition coefficient (Wildman–Crippen LogP) is 2.24. The third-order valence-electron chi connectivity index (χ3n) is 7.40. The van der Waals surface area contributed by atoms with Crippen LogP contribution in [0.25, 0.3) is 0 Å². The summed E-state index contributed by atoms with van der Waals surface area (Å²) in [5.74, 6) is 0.366. The number of alkyl carbamates (subject to hydrolysis) is 1. The molecule has 0 saturated carbocycles. The van der Waals surface area contributed by atoms with Crippen molar-refractivity contribution >= 4 is 23.7 Å². The molecular formula is C29H34N6O6. The number of carbonyl (C=O) groups is 2. The van der Waals surface area contributed by atoms with Gasteiger partial charge in [-0.05, 0) is 36.5 Å². The molecule has 216 valence electrons. The van der Waals surface area contributed by atoms with Crippen LogP contribution >= 0.6 is 0 Å². The molecule has 3 aromatic rings. The zero-order valence-corrected chi connectivity index (χ0v) is 22.7. The van der Waals surface area contributed by atoms with E-state index < -0.39 is 23.8 Å². The highest BCUT2D eigenvalue weighted by Gasteiger charge is 2.29. The number of benzene rings is 1. The molecule has 0 aliphatic carbocycles. The van der Waals surface area contributed by atoms with E-state index in [0.29, 0.717) is 32.1 Å². The summed E-state index contributed by atoms with van der Waals surface area (Å²) in [6, 6.07) is 13.5. The second-order valence-corrected chi connectivity index (χ2v) is 10.1. The van der Waals surface area contributed by atoms with Crippen LogP contribution in [0.5, 0.6) is 0 Å². The molecule has 0 spiro atoms. The lowest BCUT2D eigenvalue weighted by atomic mass is 9.92. The van der Waals surface area contributed by atoms with Crippen LogP contribution in [0.4, 0.5) is 16.4 Å². The lowest BCUT2D eigenvalue weighted by molar-refractivity contribution is -0.139. The van der Waals surface area contributed by atoms with Crippen molar-refractivity contribution in [3.05, 3.63) is 82.5 Å². The third kappa shape index (κ3) is 7.20. The van der Waals surface area contributed by atoms with Crippen LogP contribution in [0.1, 0.15) is 29.9 Å². The van der Waals surface area contributed by atoms with Crippen molar-refractivity contribution in [2.24, 2.45) is 0 Å². The molecule has 2 N–H and O–H groups in total. The number of ether oxygens (including phenoxy) is 2. The lowest BCUT2D eigenvalue weighted by Gasteiger charge is -2.37. The zero-order valence-electron chi connectivity index (χ0n) is 22.7. The van der Waals surface area contributed by atoms with E-state index in [2.05, 4.69) is 25.1 Å². The number of anilines is 2. The molecule has 1 atom stereocenters. The number of aliphatic carboxylic acids is 1. The summed E-state index contributed by atoms with van der Waals surface area (Å²) in [7, 11) is 0. The van der Waals surface area contributed by atoms with Crippen molar-refractivity contribution < 1.29 is 24.2 Å². The van der Waals surface area contributed by atoms with Gasteiger partial charge >= 0.3 is 17.8 Å². The molecule has 1 aromatic carbocycles. The summed E-state index contributed by atoms with van der Waals surface area (Å²) < 4.78 is 12.0. The van der Waals surface area contributed by atoms with Gasteiger partial charge in [0.1, 0.15) is 24.3 Å². The Morgan fingerprint density at radius 3 is 2.41 bits per heavy atom. The van der Waals surface area contributed by atoms with Crippen LogP contribution < -0.4 is 20.8 Å². The molecular weight excluding hydrogens is 528 g/mol. The predicted molar refractivity (Wildman–Crippen MR) is 151 cm³/mol. The molecule has 2 aliphatic rings. The summed E-state index contributed by atoms with van der Waals surface area (Å²) >= 11 is 0. The fraction of sp³-hybridized carbons (Fsp3) is 0.414. The lowest BCUT2D eigenvalue weighted by Crippen LogP contribution is -2.49. The number of nitrogens with zero attached hydrogens (tertiary/aromatic N) is 5. The maximum Gasteiger partial charge on any atom is 0.408 e. The van der Waals surface area contributed by atoms with Crippen molar-refractivity contribution in [2.75, 3.05) is 49.2 Å². The molecule has 41 heavy (non-hydrogen) atoms. The van der Waals surface area contributed by atoms with Crippen molar-refractivity contribution in [1.29, 1.82) is 0 Å². The van der Waals surface area contributed by atoms with Gasteiger partial charge in [0.15, 0.2) is 0 Å². The Bertz CT molecular complexity index is 1370. The average Bonchev–Trinajstić information content (AvgIpc) is 3.02. The average molecular weight is 563 g/mol. The number of nitrogens with one attached hydrogen (secondary N) is 1. The number of pyridine rings is 1. The number of piperazine rings is 1. The highest BCUT2D eigenvalue weighted by molar-refractivity contribution is 5.79. The second kappa shape index (κ2) is 13.3. The van der Waals surface area contributed by atoms with E-state index in [-0.39, 0.29) is 19.1 Å². The van der Waals surface area contributed by atoms with Gasteiger partial charge in [-0.1, -0.05) is 36.4 Å². The minimum Gasteiger partial charge on any atom is -0.480 e. The number of hydrogen-bond donors (Lipinski definition) is 2. The first-order chi connectivity index (χ1) is 20.0. The van der Waals surface area contributed by atoms with Gasteiger partial charge in [-0.3, -0.25) is 4.57 Å². The van der Waals surface area contributed by atoms with Crippen molar-refractivity contribution in [3.8, 4) is 0 Å². The third-order valence-corrected chi connectivity index (χ3v) is 7.40. The summed E-state index contributed by atoms with van der Waals surface area (Å²) in [6.45, 7) is 3.69. The SMILES string of the molecule is O=C(N[C@@H](Cn1cc(C2CCOCC2)c(N2CCN(c3ccccn3)CC2)nc1=O)C(=O)O)OCc1ccccc1. The van der Waals surface area contributed by atoms with Crippen molar-refractivity contribution in [3.63, 3.8) is 0 Å². The Kier molecular flexibility index (Phi) is 9.09. The Morgan fingerprint density at radius 2 is 1.73 bits per heavy atom. The van der Waals surface area contributed by atoms with Crippen LogP contribution in [0, 0.1) is 0 Å². The second-order valence-electron chi connectivity index (χ2n) is 10.1. The topological polar surface area (TPSA) is 139 Å². The Labute approximate surface area is 237 Å². The van der Waals surface area contributed by atoms with Crippen LogP contribution in [0.2, 0.25) is 0 Å². The Morgan fingerprint density at radius 1 is 1.02 bits per heavy atom. The van der Waals surface area contributed by atoms with E-state index in [1.54, 1.807) is 24.5 Å². The summed E-state index contributed by atoms with van der Waals surface area (Å²) in [5.41, 5.74) is 1.08. The first-order valence-electron chi connectivity index (χ1n) is 13.8. The summed E-state index contributed by atoms with van der Waals surface area (Å²) in [6.07, 6.45) is 4.14. The van der Waals surface area contributed by atoms with Crippen LogP contribution in [-0.2, 0) is 27.4 Å². The number of carboxylic acid groups (broad SMARTS) is 1. The first-order valence-corrected chi connectivity index (χ1v) is 13.8. The maximum atomic E-state index is 13.2. The number of hydrogen-bond acceptors (Lipinski definition) is 9. The Balaban J connectivity index is 1.32. The van der Waals surface area contributed by atoms with Crippen LogP contribution in [-0.4, -0.2) is 77.1 Å². The highest BCUT2D eigenvalue weighted by atomic mass is 16.5. The van der Waals surface area contributed by atoms with Gasteiger partial charge in [0.2, 0.25) is 0 Å². The van der Waals surface area contributed by atoms with E-state index in [1.807, 2.05) is 36.4 Å².